The largest absolute Gasteiger partial charge is 0.476 e. The number of hydrogen-bond donors (Lipinski definition) is 0. The second-order valence-corrected chi connectivity index (χ2v) is 1.89. The molecule has 1 aromatic rings. The number of nitrogens with zero attached hydrogens (tertiary/aromatic N) is 1. The molecule has 1 rings (SSSR count). The Hall–Kier alpha value is -1.26. The van der Waals surface area contributed by atoms with Crippen LogP contribution in [0.3, 0.4) is 0 Å². The smallest absolute Gasteiger partial charge is 0.256 e. The van der Waals surface area contributed by atoms with Crippen LogP contribution in [0.25, 0.3) is 0 Å². The Bertz CT molecular complexity index is 290. The van der Waals surface area contributed by atoms with Gasteiger partial charge in [0, 0.05) is 0 Å². The van der Waals surface area contributed by atoms with Crippen LogP contribution in [0.2, 0.25) is 0 Å². The molecule has 0 aliphatic rings. The third-order valence-electron chi connectivity index (χ3n) is 1.07. The highest BCUT2D eigenvalue weighted by atomic mass is 19.2. The average molecular weight is 176 g/mol. The molecule has 0 aliphatic heterocycles. The number of hydrogen-bond acceptors (Lipinski definition) is 2. The fourth-order valence-electron chi connectivity index (χ4n) is 0.638. The van der Waals surface area contributed by atoms with E-state index in [1.165, 1.54) is 6.07 Å². The minimum Gasteiger partial charge on any atom is -0.476 e. The van der Waals surface area contributed by atoms with Crippen LogP contribution in [0.15, 0.2) is 0 Å². The SMILES string of the molecule is CCOc1nc(F)[c]c(F)c1F. The van der Waals surface area contributed by atoms with Crippen molar-refractivity contribution in [3.63, 3.8) is 0 Å². The lowest BCUT2D eigenvalue weighted by molar-refractivity contribution is 0.292. The van der Waals surface area contributed by atoms with Crippen molar-refractivity contribution in [3.05, 3.63) is 23.6 Å². The Morgan fingerprint density at radius 3 is 2.67 bits per heavy atom. The van der Waals surface area contributed by atoms with Crippen LogP contribution in [0.4, 0.5) is 13.2 Å². The van der Waals surface area contributed by atoms with Crippen molar-refractivity contribution in [2.24, 2.45) is 0 Å². The summed E-state index contributed by atoms with van der Waals surface area (Å²) in [4.78, 5) is 2.96. The summed E-state index contributed by atoms with van der Waals surface area (Å²) in [5.41, 5.74) is 0. The van der Waals surface area contributed by atoms with Crippen molar-refractivity contribution in [1.82, 2.24) is 4.98 Å². The predicted octanol–water partition coefficient (Wildman–Crippen LogP) is 1.70. The molecule has 2 nitrogen and oxygen atoms in total. The molecule has 1 aromatic heterocycles. The first-order valence-corrected chi connectivity index (χ1v) is 3.21. The lowest BCUT2D eigenvalue weighted by atomic mass is 10.4. The van der Waals surface area contributed by atoms with Gasteiger partial charge in [0.15, 0.2) is 5.82 Å². The number of aromatic nitrogens is 1. The molecule has 0 saturated carbocycles. The normalized spacial score (nSPS) is 10.0. The van der Waals surface area contributed by atoms with Gasteiger partial charge < -0.3 is 4.74 Å². The summed E-state index contributed by atoms with van der Waals surface area (Å²) in [5.74, 6) is -4.65. The lowest BCUT2D eigenvalue weighted by Gasteiger charge is -2.02. The van der Waals surface area contributed by atoms with Gasteiger partial charge in [0.2, 0.25) is 11.8 Å². The summed E-state index contributed by atoms with van der Waals surface area (Å²) in [5, 5.41) is 0. The Labute approximate surface area is 67.0 Å². The zero-order valence-corrected chi connectivity index (χ0v) is 6.20. The maximum Gasteiger partial charge on any atom is 0.256 e. The zero-order valence-electron chi connectivity index (χ0n) is 6.20. The van der Waals surface area contributed by atoms with Gasteiger partial charge in [0.05, 0.1) is 12.7 Å². The van der Waals surface area contributed by atoms with Crippen LogP contribution < -0.4 is 4.74 Å². The van der Waals surface area contributed by atoms with Gasteiger partial charge in [0.25, 0.3) is 5.88 Å². The number of rotatable bonds is 2. The van der Waals surface area contributed by atoms with E-state index in [9.17, 15) is 13.2 Å². The third kappa shape index (κ3) is 1.66. The first-order chi connectivity index (χ1) is 5.65. The summed E-state index contributed by atoms with van der Waals surface area (Å²) in [6.45, 7) is 1.64. The molecule has 1 radical (unpaired) electrons. The summed E-state index contributed by atoms with van der Waals surface area (Å²) >= 11 is 0. The van der Waals surface area contributed by atoms with Gasteiger partial charge >= 0.3 is 0 Å². The van der Waals surface area contributed by atoms with E-state index in [1.54, 1.807) is 6.92 Å². The van der Waals surface area contributed by atoms with E-state index >= 15 is 0 Å². The third-order valence-corrected chi connectivity index (χ3v) is 1.07. The van der Waals surface area contributed by atoms with Crippen LogP contribution in [0, 0.1) is 23.6 Å². The van der Waals surface area contributed by atoms with E-state index in [-0.39, 0.29) is 6.61 Å². The molecular formula is C7H5F3NO. The van der Waals surface area contributed by atoms with E-state index in [4.69, 9.17) is 0 Å². The van der Waals surface area contributed by atoms with Gasteiger partial charge in [-0.1, -0.05) is 0 Å². The van der Waals surface area contributed by atoms with E-state index in [0.717, 1.165) is 0 Å². The van der Waals surface area contributed by atoms with Crippen molar-refractivity contribution in [2.45, 2.75) is 6.92 Å². The molecule has 0 N–H and O–H groups in total. The monoisotopic (exact) mass is 176 g/mol. The second-order valence-electron chi connectivity index (χ2n) is 1.89. The van der Waals surface area contributed by atoms with Crippen molar-refractivity contribution >= 4 is 0 Å². The first kappa shape index (κ1) is 8.83. The zero-order chi connectivity index (χ0) is 9.14. The lowest BCUT2D eigenvalue weighted by Crippen LogP contribution is -2.01. The maximum absolute atomic E-state index is 12.6. The topological polar surface area (TPSA) is 22.1 Å². The van der Waals surface area contributed by atoms with Gasteiger partial charge in [-0.15, -0.1) is 0 Å². The van der Waals surface area contributed by atoms with Crippen molar-refractivity contribution in [2.75, 3.05) is 6.61 Å². The summed E-state index contributed by atoms with van der Waals surface area (Å²) in [6.07, 6.45) is 0. The quantitative estimate of drug-likeness (QED) is 0.640. The standard InChI is InChI=1S/C7H5F3NO/c1-2-12-7-6(10)4(8)3-5(9)11-7/h2H2,1H3. The minimum absolute atomic E-state index is 0.0901. The van der Waals surface area contributed by atoms with Gasteiger partial charge in [0.1, 0.15) is 0 Å². The second kappa shape index (κ2) is 3.42. The van der Waals surface area contributed by atoms with E-state index in [1.807, 2.05) is 0 Å². The maximum atomic E-state index is 12.6. The molecular weight excluding hydrogens is 171 g/mol. The molecule has 0 aliphatic carbocycles. The number of pyridine rings is 1. The molecule has 5 heteroatoms. The number of halogens is 3. The Morgan fingerprint density at radius 1 is 1.42 bits per heavy atom. The van der Waals surface area contributed by atoms with E-state index in [0.29, 0.717) is 0 Å². The summed E-state index contributed by atoms with van der Waals surface area (Å²) in [6, 6.07) is 1.44. The fourth-order valence-corrected chi connectivity index (χ4v) is 0.638. The van der Waals surface area contributed by atoms with Gasteiger partial charge in [-0.2, -0.15) is 13.8 Å². The van der Waals surface area contributed by atoms with Crippen molar-refractivity contribution in [1.29, 1.82) is 0 Å². The van der Waals surface area contributed by atoms with Crippen LogP contribution in [-0.4, -0.2) is 11.6 Å². The highest BCUT2D eigenvalue weighted by Crippen LogP contribution is 2.16. The molecule has 12 heavy (non-hydrogen) atoms. The summed E-state index contributed by atoms with van der Waals surface area (Å²) in [7, 11) is 0. The van der Waals surface area contributed by atoms with Crippen LogP contribution >= 0.6 is 0 Å². The molecule has 0 amide bonds. The minimum atomic E-state index is -1.43. The summed E-state index contributed by atoms with van der Waals surface area (Å²) < 4.78 is 41.8. The van der Waals surface area contributed by atoms with Gasteiger partial charge in [-0.25, -0.2) is 4.39 Å². The van der Waals surface area contributed by atoms with E-state index in [2.05, 4.69) is 9.72 Å². The number of ether oxygens (including phenoxy) is 1. The van der Waals surface area contributed by atoms with Crippen LogP contribution in [0.1, 0.15) is 6.92 Å². The first-order valence-electron chi connectivity index (χ1n) is 3.21. The molecule has 0 unspecified atom stereocenters. The van der Waals surface area contributed by atoms with E-state index < -0.39 is 23.5 Å². The predicted molar refractivity (Wildman–Crippen MR) is 34.1 cm³/mol. The molecule has 0 fully saturated rings. The van der Waals surface area contributed by atoms with Crippen molar-refractivity contribution < 1.29 is 17.9 Å². The highest BCUT2D eigenvalue weighted by Gasteiger charge is 2.13. The molecule has 0 bridgehead atoms. The van der Waals surface area contributed by atoms with Gasteiger partial charge in [-0.05, 0) is 6.92 Å². The molecule has 1 heterocycles. The molecule has 0 spiro atoms. The van der Waals surface area contributed by atoms with Crippen molar-refractivity contribution in [3.8, 4) is 5.88 Å². The molecule has 0 atom stereocenters. The Morgan fingerprint density at radius 2 is 2.08 bits per heavy atom. The molecule has 0 saturated heterocycles. The Balaban J connectivity index is 3.09. The van der Waals surface area contributed by atoms with Crippen LogP contribution in [-0.2, 0) is 0 Å². The van der Waals surface area contributed by atoms with Gasteiger partial charge in [-0.3, -0.25) is 0 Å². The molecule has 65 valence electrons. The fraction of sp³-hybridized carbons (Fsp3) is 0.286. The van der Waals surface area contributed by atoms with Crippen LogP contribution in [0.5, 0.6) is 5.88 Å². The molecule has 0 aromatic carbocycles. The highest BCUT2D eigenvalue weighted by molar-refractivity contribution is 5.14. The Kier molecular flexibility index (Phi) is 2.52. The average Bonchev–Trinajstić information content (AvgIpc) is 2.00.